The van der Waals surface area contributed by atoms with E-state index in [1.54, 1.807) is 11.0 Å². The van der Waals surface area contributed by atoms with Gasteiger partial charge < -0.3 is 14.4 Å². The highest BCUT2D eigenvalue weighted by Crippen LogP contribution is 2.14. The van der Waals surface area contributed by atoms with E-state index in [0.29, 0.717) is 26.2 Å². The molecule has 9 heteroatoms. The maximum Gasteiger partial charge on any atom is 0.267 e. The lowest BCUT2D eigenvalue weighted by molar-refractivity contribution is -0.132. The van der Waals surface area contributed by atoms with E-state index in [1.807, 2.05) is 41.2 Å². The van der Waals surface area contributed by atoms with Crippen LogP contribution in [0.25, 0.3) is 5.82 Å². The number of aromatic nitrogens is 5. The van der Waals surface area contributed by atoms with Crippen molar-refractivity contribution in [1.29, 1.82) is 0 Å². The van der Waals surface area contributed by atoms with Crippen molar-refractivity contribution in [3.8, 4) is 5.82 Å². The second kappa shape index (κ2) is 7.40. The summed E-state index contributed by atoms with van der Waals surface area (Å²) < 4.78 is 3.08. The third-order valence-corrected chi connectivity index (χ3v) is 4.53. The number of carbonyl (C=O) groups is 1. The summed E-state index contributed by atoms with van der Waals surface area (Å²) in [7, 11) is 0. The molecule has 1 aliphatic heterocycles. The van der Waals surface area contributed by atoms with Crippen molar-refractivity contribution in [2.75, 3.05) is 31.1 Å². The maximum atomic E-state index is 12.4. The van der Waals surface area contributed by atoms with E-state index in [1.165, 1.54) is 16.9 Å². The van der Waals surface area contributed by atoms with Gasteiger partial charge in [0.2, 0.25) is 5.91 Å². The Kier molecular flexibility index (Phi) is 4.65. The molecule has 4 heterocycles. The average Bonchev–Trinajstić information content (AvgIpc) is 3.25. The van der Waals surface area contributed by atoms with Crippen LogP contribution in [-0.4, -0.2) is 61.5 Å². The van der Waals surface area contributed by atoms with Crippen molar-refractivity contribution in [2.24, 2.45) is 0 Å². The predicted molar refractivity (Wildman–Crippen MR) is 98.6 cm³/mol. The molecule has 4 rings (SSSR count). The highest BCUT2D eigenvalue weighted by atomic mass is 16.2. The average molecular weight is 365 g/mol. The molecule has 138 valence electrons. The molecule has 1 amide bonds. The van der Waals surface area contributed by atoms with E-state index >= 15 is 0 Å². The first-order valence-electron chi connectivity index (χ1n) is 8.73. The molecule has 3 aromatic heterocycles. The minimum Gasteiger partial charge on any atom is -0.352 e. The van der Waals surface area contributed by atoms with Crippen LogP contribution >= 0.6 is 0 Å². The van der Waals surface area contributed by atoms with E-state index in [4.69, 9.17) is 0 Å². The van der Waals surface area contributed by atoms with Gasteiger partial charge in [-0.05, 0) is 30.3 Å². The Morgan fingerprint density at radius 1 is 0.926 bits per heavy atom. The van der Waals surface area contributed by atoms with Gasteiger partial charge in [-0.15, -0.1) is 10.2 Å². The molecule has 27 heavy (non-hydrogen) atoms. The lowest BCUT2D eigenvalue weighted by atomic mass is 10.3. The topological polar surface area (TPSA) is 89.2 Å². The van der Waals surface area contributed by atoms with Gasteiger partial charge in [-0.25, -0.2) is 4.68 Å². The molecule has 0 aromatic carbocycles. The minimum absolute atomic E-state index is 0.0367. The fourth-order valence-corrected chi connectivity index (χ4v) is 3.03. The third-order valence-electron chi connectivity index (χ3n) is 4.53. The maximum absolute atomic E-state index is 12.4. The fraction of sp³-hybridized carbons (Fsp3) is 0.278. The summed E-state index contributed by atoms with van der Waals surface area (Å²) in [5.74, 6) is 1.45. The van der Waals surface area contributed by atoms with Gasteiger partial charge in [0.15, 0.2) is 11.6 Å². The van der Waals surface area contributed by atoms with Gasteiger partial charge in [-0.1, -0.05) is 0 Å². The first-order chi connectivity index (χ1) is 13.2. The summed E-state index contributed by atoms with van der Waals surface area (Å²) in [5, 5.41) is 12.5. The molecular weight excluding hydrogens is 346 g/mol. The van der Waals surface area contributed by atoms with Crippen molar-refractivity contribution < 1.29 is 4.79 Å². The van der Waals surface area contributed by atoms with E-state index in [-0.39, 0.29) is 18.0 Å². The molecule has 3 aromatic rings. The van der Waals surface area contributed by atoms with Crippen LogP contribution in [0.3, 0.4) is 0 Å². The number of nitrogens with zero attached hydrogens (tertiary/aromatic N) is 7. The van der Waals surface area contributed by atoms with Crippen LogP contribution in [0.15, 0.2) is 59.8 Å². The summed E-state index contributed by atoms with van der Waals surface area (Å²) in [6.07, 6.45) is 5.34. The van der Waals surface area contributed by atoms with E-state index < -0.39 is 0 Å². The summed E-state index contributed by atoms with van der Waals surface area (Å²) in [4.78, 5) is 28.0. The third kappa shape index (κ3) is 3.71. The van der Waals surface area contributed by atoms with E-state index in [2.05, 4.69) is 20.2 Å². The van der Waals surface area contributed by atoms with Gasteiger partial charge in [0, 0.05) is 50.8 Å². The molecule has 0 aliphatic carbocycles. The van der Waals surface area contributed by atoms with Crippen molar-refractivity contribution in [3.05, 3.63) is 65.3 Å². The highest BCUT2D eigenvalue weighted by molar-refractivity contribution is 5.76. The number of piperazine rings is 1. The molecule has 0 atom stereocenters. The van der Waals surface area contributed by atoms with Crippen molar-refractivity contribution in [3.63, 3.8) is 0 Å². The number of rotatable bonds is 4. The number of amides is 1. The summed E-state index contributed by atoms with van der Waals surface area (Å²) in [6.45, 7) is 2.44. The van der Waals surface area contributed by atoms with Crippen LogP contribution in [0.2, 0.25) is 0 Å². The monoisotopic (exact) mass is 365 g/mol. The van der Waals surface area contributed by atoms with Crippen molar-refractivity contribution >= 4 is 11.7 Å². The van der Waals surface area contributed by atoms with Gasteiger partial charge in [0.25, 0.3) is 5.56 Å². The predicted octanol–water partition coefficient (Wildman–Crippen LogP) is 0.173. The Morgan fingerprint density at radius 3 is 2.30 bits per heavy atom. The Morgan fingerprint density at radius 2 is 1.63 bits per heavy atom. The fourth-order valence-electron chi connectivity index (χ4n) is 3.03. The van der Waals surface area contributed by atoms with E-state index in [0.717, 1.165) is 11.6 Å². The van der Waals surface area contributed by atoms with Crippen molar-refractivity contribution in [2.45, 2.75) is 6.54 Å². The first kappa shape index (κ1) is 17.0. The van der Waals surface area contributed by atoms with E-state index in [9.17, 15) is 9.59 Å². The van der Waals surface area contributed by atoms with Gasteiger partial charge in [-0.3, -0.25) is 9.59 Å². The first-order valence-corrected chi connectivity index (χ1v) is 8.73. The molecule has 0 bridgehead atoms. The molecular formula is C18H19N7O2. The Bertz CT molecular complexity index is 958. The second-order valence-electron chi connectivity index (χ2n) is 6.23. The lowest BCUT2D eigenvalue weighted by Gasteiger charge is -2.35. The van der Waals surface area contributed by atoms with Crippen LogP contribution < -0.4 is 10.5 Å². The minimum atomic E-state index is -0.275. The molecule has 0 spiro atoms. The van der Waals surface area contributed by atoms with Crippen LogP contribution in [-0.2, 0) is 11.3 Å². The second-order valence-corrected chi connectivity index (χ2v) is 6.23. The lowest BCUT2D eigenvalue weighted by Crippen LogP contribution is -2.50. The van der Waals surface area contributed by atoms with Gasteiger partial charge in [0.05, 0.1) is 0 Å². The molecule has 0 saturated carbocycles. The van der Waals surface area contributed by atoms with Crippen LogP contribution in [0, 0.1) is 0 Å². The molecule has 0 unspecified atom stereocenters. The largest absolute Gasteiger partial charge is 0.352 e. The van der Waals surface area contributed by atoms with Crippen LogP contribution in [0.5, 0.6) is 0 Å². The number of hydrogen-bond acceptors (Lipinski definition) is 6. The molecule has 1 saturated heterocycles. The van der Waals surface area contributed by atoms with Crippen LogP contribution in [0.1, 0.15) is 0 Å². The Balaban J connectivity index is 1.35. The smallest absolute Gasteiger partial charge is 0.267 e. The zero-order chi connectivity index (χ0) is 18.6. The zero-order valence-electron chi connectivity index (χ0n) is 14.7. The Hall–Kier alpha value is -3.49. The van der Waals surface area contributed by atoms with Crippen molar-refractivity contribution in [1.82, 2.24) is 29.4 Å². The number of anilines is 1. The molecule has 0 N–H and O–H groups in total. The molecule has 1 aliphatic rings. The normalized spacial score (nSPS) is 14.4. The SMILES string of the molecule is O=C(Cn1ncccc1=O)N1CCN(c2ccc(-n3cccc3)nn2)CC1. The summed E-state index contributed by atoms with van der Waals surface area (Å²) in [6, 6.07) is 10.7. The number of hydrogen-bond donors (Lipinski definition) is 0. The molecule has 9 nitrogen and oxygen atoms in total. The number of carbonyl (C=O) groups excluding carboxylic acids is 1. The van der Waals surface area contributed by atoms with Gasteiger partial charge in [-0.2, -0.15) is 5.10 Å². The standard InChI is InChI=1S/C18H19N7O2/c26-17-4-3-7-19-25(17)14-18(27)24-12-10-23(11-13-24)16-6-5-15(20-21-16)22-8-1-2-9-22/h1-9H,10-14H2. The Labute approximate surface area is 155 Å². The van der Waals surface area contributed by atoms with Crippen LogP contribution in [0.4, 0.5) is 5.82 Å². The highest BCUT2D eigenvalue weighted by Gasteiger charge is 2.22. The molecule has 0 radical (unpaired) electrons. The quantitative estimate of drug-likeness (QED) is 0.655. The molecule has 1 fully saturated rings. The van der Waals surface area contributed by atoms with Gasteiger partial charge in [0.1, 0.15) is 6.54 Å². The van der Waals surface area contributed by atoms with Gasteiger partial charge >= 0.3 is 0 Å². The zero-order valence-corrected chi connectivity index (χ0v) is 14.7. The summed E-state index contributed by atoms with van der Waals surface area (Å²) >= 11 is 0. The summed E-state index contributed by atoms with van der Waals surface area (Å²) in [5.41, 5.74) is -0.275.